The van der Waals surface area contributed by atoms with Crippen LogP contribution in [0.25, 0.3) is 10.9 Å². The molecule has 0 aliphatic carbocycles. The van der Waals surface area contributed by atoms with E-state index in [1.54, 1.807) is 30.5 Å². The van der Waals surface area contributed by atoms with Crippen LogP contribution >= 0.6 is 0 Å². The van der Waals surface area contributed by atoms with Gasteiger partial charge in [-0.25, -0.2) is 9.69 Å². The highest BCUT2D eigenvalue weighted by Gasteiger charge is 2.30. The van der Waals surface area contributed by atoms with E-state index in [1.807, 2.05) is 66.7 Å². The molecule has 2 amide bonds. The maximum Gasteiger partial charge on any atom is 0.421 e. The molecule has 160 valence electrons. The van der Waals surface area contributed by atoms with Crippen LogP contribution in [0.2, 0.25) is 0 Å². The largest absolute Gasteiger partial charge is 0.444 e. The third-order valence-electron chi connectivity index (χ3n) is 5.07. The molecule has 0 aliphatic heterocycles. The van der Waals surface area contributed by atoms with E-state index in [9.17, 15) is 9.59 Å². The van der Waals surface area contributed by atoms with E-state index in [-0.39, 0.29) is 6.61 Å². The average molecular weight is 425 g/mol. The summed E-state index contributed by atoms with van der Waals surface area (Å²) in [6.45, 7) is 0.0481. The molecule has 4 rings (SSSR count). The molecule has 1 aromatic heterocycles. The normalized spacial score (nSPS) is 11.7. The Labute approximate surface area is 186 Å². The van der Waals surface area contributed by atoms with Crippen molar-refractivity contribution in [1.29, 1.82) is 0 Å². The van der Waals surface area contributed by atoms with Crippen molar-refractivity contribution in [3.05, 3.63) is 108 Å². The number of aromatic nitrogens is 1. The molecule has 0 saturated carbocycles. The third-order valence-corrected chi connectivity index (χ3v) is 5.07. The van der Waals surface area contributed by atoms with Crippen LogP contribution in [0.15, 0.2) is 97.2 Å². The second kappa shape index (κ2) is 9.85. The van der Waals surface area contributed by atoms with Crippen LogP contribution in [0.1, 0.15) is 11.1 Å². The molecule has 0 bridgehead atoms. The van der Waals surface area contributed by atoms with Crippen molar-refractivity contribution in [3.8, 4) is 0 Å². The number of fused-ring (bicyclic) bond motifs is 1. The van der Waals surface area contributed by atoms with Crippen molar-refractivity contribution < 1.29 is 14.3 Å². The highest BCUT2D eigenvalue weighted by molar-refractivity contribution is 6.14. The first-order valence-corrected chi connectivity index (χ1v) is 10.3. The lowest BCUT2D eigenvalue weighted by Crippen LogP contribution is -2.48. The van der Waals surface area contributed by atoms with Crippen molar-refractivity contribution >= 4 is 28.6 Å². The first-order valence-electron chi connectivity index (χ1n) is 10.3. The van der Waals surface area contributed by atoms with Crippen LogP contribution < -0.4 is 10.6 Å². The predicted octanol–water partition coefficient (Wildman–Crippen LogP) is 4.47. The Kier molecular flexibility index (Phi) is 6.53. The molecule has 1 heterocycles. The summed E-state index contributed by atoms with van der Waals surface area (Å²) in [5.74, 6) is -0.532. The molecule has 1 atom stereocenters. The van der Waals surface area contributed by atoms with E-state index >= 15 is 0 Å². The topological polar surface area (TPSA) is 85.5 Å². The molecular weight excluding hydrogens is 402 g/mol. The summed E-state index contributed by atoms with van der Waals surface area (Å²) in [6, 6.07) is 26.7. The van der Waals surface area contributed by atoms with Crippen molar-refractivity contribution in [2.45, 2.75) is 19.1 Å². The molecule has 6 heteroatoms. The minimum absolute atomic E-state index is 0.0481. The zero-order valence-electron chi connectivity index (χ0n) is 17.4. The molecular formula is C26H23N3O3. The van der Waals surface area contributed by atoms with Crippen molar-refractivity contribution in [2.24, 2.45) is 5.73 Å². The van der Waals surface area contributed by atoms with Crippen molar-refractivity contribution in [1.82, 2.24) is 4.98 Å². The smallest absolute Gasteiger partial charge is 0.421 e. The second-order valence-electron chi connectivity index (χ2n) is 7.39. The Morgan fingerprint density at radius 3 is 2.28 bits per heavy atom. The van der Waals surface area contributed by atoms with E-state index in [0.29, 0.717) is 12.1 Å². The van der Waals surface area contributed by atoms with Gasteiger partial charge in [-0.1, -0.05) is 66.7 Å². The van der Waals surface area contributed by atoms with Crippen LogP contribution in [0.4, 0.5) is 10.5 Å². The number of nitrogens with two attached hydrogens (primary N) is 1. The van der Waals surface area contributed by atoms with E-state index in [4.69, 9.17) is 10.5 Å². The summed E-state index contributed by atoms with van der Waals surface area (Å²) >= 11 is 0. The van der Waals surface area contributed by atoms with Crippen molar-refractivity contribution in [2.75, 3.05) is 4.90 Å². The van der Waals surface area contributed by atoms with Gasteiger partial charge in [-0.3, -0.25) is 9.78 Å². The van der Waals surface area contributed by atoms with Gasteiger partial charge in [0.05, 0.1) is 17.2 Å². The van der Waals surface area contributed by atoms with Crippen LogP contribution in [-0.2, 0) is 22.6 Å². The number of anilines is 1. The van der Waals surface area contributed by atoms with Gasteiger partial charge >= 0.3 is 6.09 Å². The number of nitrogens with zero attached hydrogens (tertiary/aromatic N) is 2. The van der Waals surface area contributed by atoms with E-state index in [0.717, 1.165) is 26.9 Å². The fraction of sp³-hybridized carbons (Fsp3) is 0.115. The number of hydrogen-bond donors (Lipinski definition) is 1. The highest BCUT2D eigenvalue weighted by atomic mass is 16.6. The first kappa shape index (κ1) is 21.2. The van der Waals surface area contributed by atoms with Crippen LogP contribution in [0, 0.1) is 0 Å². The molecule has 4 aromatic rings. The quantitative estimate of drug-likeness (QED) is 0.492. The molecule has 3 aromatic carbocycles. The summed E-state index contributed by atoms with van der Waals surface area (Å²) < 4.78 is 5.47. The Morgan fingerprint density at radius 2 is 1.56 bits per heavy atom. The number of carbonyl (C=O) groups is 2. The number of amides is 2. The zero-order valence-corrected chi connectivity index (χ0v) is 17.4. The van der Waals surface area contributed by atoms with Gasteiger partial charge in [0.2, 0.25) is 0 Å². The van der Waals surface area contributed by atoms with E-state index in [2.05, 4.69) is 4.98 Å². The lowest BCUT2D eigenvalue weighted by molar-refractivity contribution is -0.119. The summed E-state index contributed by atoms with van der Waals surface area (Å²) in [5, 5.41) is 0.801. The zero-order chi connectivity index (χ0) is 22.3. The minimum Gasteiger partial charge on any atom is -0.444 e. The lowest BCUT2D eigenvalue weighted by atomic mass is 10.1. The minimum atomic E-state index is -0.911. The second-order valence-corrected chi connectivity index (χ2v) is 7.39. The van der Waals surface area contributed by atoms with Gasteiger partial charge in [-0.2, -0.15) is 0 Å². The molecule has 32 heavy (non-hydrogen) atoms. The van der Waals surface area contributed by atoms with Gasteiger partial charge < -0.3 is 10.5 Å². The maximum absolute atomic E-state index is 13.3. The van der Waals surface area contributed by atoms with Gasteiger partial charge in [-0.05, 0) is 41.8 Å². The molecule has 0 radical (unpaired) electrons. The SMILES string of the molecule is N[C@@H](Cc1ccccc1)C(=O)N(C(=O)OCc1ccccc1)c1ccc2ncccc2c1. The molecule has 6 nitrogen and oxygen atoms in total. The van der Waals surface area contributed by atoms with Gasteiger partial charge in [-0.15, -0.1) is 0 Å². The van der Waals surface area contributed by atoms with E-state index < -0.39 is 18.0 Å². The summed E-state index contributed by atoms with van der Waals surface area (Å²) in [7, 11) is 0. The fourth-order valence-electron chi connectivity index (χ4n) is 3.43. The average Bonchev–Trinajstić information content (AvgIpc) is 2.84. The van der Waals surface area contributed by atoms with Crippen LogP contribution in [0.3, 0.4) is 0 Å². The van der Waals surface area contributed by atoms with Crippen LogP contribution in [-0.4, -0.2) is 23.0 Å². The lowest BCUT2D eigenvalue weighted by Gasteiger charge is -2.24. The van der Waals surface area contributed by atoms with Gasteiger partial charge in [0.25, 0.3) is 5.91 Å². The fourth-order valence-corrected chi connectivity index (χ4v) is 3.43. The number of ether oxygens (including phenoxy) is 1. The van der Waals surface area contributed by atoms with Gasteiger partial charge in [0, 0.05) is 11.6 Å². The number of imide groups is 1. The predicted molar refractivity (Wildman–Crippen MR) is 124 cm³/mol. The van der Waals surface area contributed by atoms with Gasteiger partial charge in [0.1, 0.15) is 6.61 Å². The Hall–Kier alpha value is -4.03. The highest BCUT2D eigenvalue weighted by Crippen LogP contribution is 2.23. The number of rotatable bonds is 6. The Morgan fingerprint density at radius 1 is 0.875 bits per heavy atom. The third kappa shape index (κ3) is 4.99. The molecule has 2 N–H and O–H groups in total. The van der Waals surface area contributed by atoms with E-state index in [1.165, 1.54) is 0 Å². The number of carbonyl (C=O) groups excluding carboxylic acids is 2. The molecule has 0 unspecified atom stereocenters. The maximum atomic E-state index is 13.3. The first-order chi connectivity index (χ1) is 15.6. The monoisotopic (exact) mass is 425 g/mol. The number of hydrogen-bond acceptors (Lipinski definition) is 5. The summed E-state index contributed by atoms with van der Waals surface area (Å²) in [4.78, 5) is 31.7. The van der Waals surface area contributed by atoms with Gasteiger partial charge in [0.15, 0.2) is 0 Å². The summed E-state index contributed by atoms with van der Waals surface area (Å²) in [6.07, 6.45) is 1.22. The summed E-state index contributed by atoms with van der Waals surface area (Å²) in [5.41, 5.74) is 9.11. The number of benzene rings is 3. The molecule has 0 spiro atoms. The Balaban J connectivity index is 1.61. The molecule has 0 aliphatic rings. The standard InChI is InChI=1S/C26H23N3O3/c27-23(16-19-8-3-1-4-9-19)25(30)29(26(31)32-18-20-10-5-2-6-11-20)22-13-14-24-21(17-22)12-7-15-28-24/h1-15,17,23H,16,18,27H2/t23-/m0/s1. The number of pyridine rings is 1. The van der Waals surface area contributed by atoms with Crippen LogP contribution in [0.5, 0.6) is 0 Å². The van der Waals surface area contributed by atoms with Crippen molar-refractivity contribution in [3.63, 3.8) is 0 Å². The molecule has 0 fully saturated rings. The Bertz CT molecular complexity index is 1210. The molecule has 0 saturated heterocycles.